The highest BCUT2D eigenvalue weighted by Crippen LogP contribution is 2.22. The maximum atomic E-state index is 13.6. The van der Waals surface area contributed by atoms with Crippen LogP contribution in [0, 0.1) is 11.6 Å². The van der Waals surface area contributed by atoms with Gasteiger partial charge in [-0.15, -0.1) is 0 Å². The summed E-state index contributed by atoms with van der Waals surface area (Å²) in [5, 5.41) is 0.382. The van der Waals surface area contributed by atoms with E-state index >= 15 is 0 Å². The van der Waals surface area contributed by atoms with Crippen LogP contribution < -0.4 is 10.3 Å². The maximum absolute atomic E-state index is 13.6. The van der Waals surface area contributed by atoms with Gasteiger partial charge in [0, 0.05) is 17.5 Å². The Morgan fingerprint density at radius 3 is 2.52 bits per heavy atom. The zero-order valence-corrected chi connectivity index (χ0v) is 12.2. The summed E-state index contributed by atoms with van der Waals surface area (Å²) in [5.41, 5.74) is -0.842. The Morgan fingerprint density at radius 1 is 0.957 bits per heavy atom. The fourth-order valence-electron chi connectivity index (χ4n) is 2.00. The van der Waals surface area contributed by atoms with Crippen LogP contribution in [0.5, 0.6) is 0 Å². The fourth-order valence-corrected chi connectivity index (χ4v) is 3.09. The number of anilines is 1. The largest absolute Gasteiger partial charge is 0.423 e. The van der Waals surface area contributed by atoms with Crippen molar-refractivity contribution in [3.63, 3.8) is 0 Å². The van der Waals surface area contributed by atoms with Crippen molar-refractivity contribution >= 4 is 26.7 Å². The molecule has 0 aliphatic heterocycles. The van der Waals surface area contributed by atoms with Gasteiger partial charge >= 0.3 is 5.63 Å². The average Bonchev–Trinajstić information content (AvgIpc) is 2.50. The van der Waals surface area contributed by atoms with Crippen molar-refractivity contribution in [2.45, 2.75) is 4.90 Å². The van der Waals surface area contributed by atoms with Crippen LogP contribution in [0.4, 0.5) is 14.5 Å². The highest BCUT2D eigenvalue weighted by atomic mass is 32.2. The monoisotopic (exact) mass is 337 g/mol. The number of halogens is 2. The number of benzene rings is 2. The molecule has 23 heavy (non-hydrogen) atoms. The molecule has 1 heterocycles. The Balaban J connectivity index is 2.04. The smallest absolute Gasteiger partial charge is 0.336 e. The Bertz CT molecular complexity index is 1060. The molecule has 0 fully saturated rings. The third-order valence-corrected chi connectivity index (χ3v) is 4.44. The lowest BCUT2D eigenvalue weighted by molar-refractivity contribution is 0.560. The van der Waals surface area contributed by atoms with Crippen LogP contribution in [0.2, 0.25) is 0 Å². The van der Waals surface area contributed by atoms with Crippen molar-refractivity contribution in [3.8, 4) is 0 Å². The second kappa shape index (κ2) is 5.47. The number of sulfonamides is 1. The normalized spacial score (nSPS) is 11.6. The van der Waals surface area contributed by atoms with Gasteiger partial charge in [-0.3, -0.25) is 4.72 Å². The second-order valence-corrected chi connectivity index (χ2v) is 6.37. The zero-order chi connectivity index (χ0) is 16.6. The molecule has 0 aliphatic carbocycles. The second-order valence-electron chi connectivity index (χ2n) is 4.68. The van der Waals surface area contributed by atoms with Gasteiger partial charge in [-0.25, -0.2) is 22.0 Å². The molecule has 0 saturated carbocycles. The standard InChI is InChI=1S/C15H9F2NO4S/c16-10-2-4-12(17)13(8-10)18-23(20,21)11-3-5-14-9(7-11)1-6-15(19)22-14/h1-8,18H. The van der Waals surface area contributed by atoms with Gasteiger partial charge in [-0.05, 0) is 36.4 Å². The molecule has 0 saturated heterocycles. The summed E-state index contributed by atoms with van der Waals surface area (Å²) in [6.07, 6.45) is 0. The average molecular weight is 337 g/mol. The summed E-state index contributed by atoms with van der Waals surface area (Å²) < 4.78 is 58.2. The van der Waals surface area contributed by atoms with Crippen LogP contribution >= 0.6 is 0 Å². The molecule has 1 N–H and O–H groups in total. The molecule has 2 aromatic carbocycles. The highest BCUT2D eigenvalue weighted by Gasteiger charge is 2.17. The lowest BCUT2D eigenvalue weighted by Gasteiger charge is -2.09. The molecule has 5 nitrogen and oxygen atoms in total. The van der Waals surface area contributed by atoms with Crippen LogP contribution in [0.1, 0.15) is 0 Å². The third-order valence-electron chi connectivity index (χ3n) is 3.07. The maximum Gasteiger partial charge on any atom is 0.336 e. The van der Waals surface area contributed by atoms with Crippen LogP contribution in [0.25, 0.3) is 11.0 Å². The topological polar surface area (TPSA) is 76.4 Å². The minimum Gasteiger partial charge on any atom is -0.423 e. The Labute approximate surface area is 129 Å². The first kappa shape index (κ1) is 15.2. The molecule has 0 aliphatic rings. The highest BCUT2D eigenvalue weighted by molar-refractivity contribution is 7.92. The molecule has 118 valence electrons. The molecule has 8 heteroatoms. The van der Waals surface area contributed by atoms with Crippen molar-refractivity contribution in [2.24, 2.45) is 0 Å². The predicted octanol–water partition coefficient (Wildman–Crippen LogP) is 2.87. The minimum atomic E-state index is -4.13. The number of fused-ring (bicyclic) bond motifs is 1. The van der Waals surface area contributed by atoms with Crippen LogP contribution in [-0.4, -0.2) is 8.42 Å². The van der Waals surface area contributed by atoms with E-state index in [0.29, 0.717) is 5.39 Å². The number of hydrogen-bond acceptors (Lipinski definition) is 4. The summed E-state index contributed by atoms with van der Waals surface area (Å²) in [5.74, 6) is -1.67. The van der Waals surface area contributed by atoms with Crippen LogP contribution in [-0.2, 0) is 10.0 Å². The lowest BCUT2D eigenvalue weighted by Crippen LogP contribution is -2.14. The van der Waals surface area contributed by atoms with Crippen molar-refractivity contribution in [2.75, 3.05) is 4.72 Å². The van der Waals surface area contributed by atoms with Crippen molar-refractivity contribution in [1.82, 2.24) is 0 Å². The van der Waals surface area contributed by atoms with Gasteiger partial charge in [0.2, 0.25) is 0 Å². The van der Waals surface area contributed by atoms with Gasteiger partial charge in [0.15, 0.2) is 0 Å². The van der Waals surface area contributed by atoms with Crippen LogP contribution in [0.15, 0.2) is 62.6 Å². The minimum absolute atomic E-state index is 0.178. The molecular formula is C15H9F2NO4S. The molecule has 3 rings (SSSR count). The molecular weight excluding hydrogens is 328 g/mol. The molecule has 0 bridgehead atoms. The van der Waals surface area contributed by atoms with Gasteiger partial charge in [0.25, 0.3) is 10.0 Å². The summed E-state index contributed by atoms with van der Waals surface area (Å²) in [6, 6.07) is 8.78. The number of rotatable bonds is 3. The Morgan fingerprint density at radius 2 is 1.74 bits per heavy atom. The lowest BCUT2D eigenvalue weighted by atomic mass is 10.2. The summed E-state index contributed by atoms with van der Waals surface area (Å²) in [7, 11) is -4.13. The predicted molar refractivity (Wildman–Crippen MR) is 79.7 cm³/mol. The first-order valence-electron chi connectivity index (χ1n) is 6.37. The Hall–Kier alpha value is -2.74. The van der Waals surface area contributed by atoms with E-state index in [1.54, 1.807) is 0 Å². The van der Waals surface area contributed by atoms with Gasteiger partial charge in [0.1, 0.15) is 17.2 Å². The molecule has 0 amide bonds. The molecule has 0 radical (unpaired) electrons. The van der Waals surface area contributed by atoms with E-state index in [1.165, 1.54) is 24.3 Å². The molecule has 3 aromatic rings. The summed E-state index contributed by atoms with van der Waals surface area (Å²) >= 11 is 0. The first-order chi connectivity index (χ1) is 10.8. The van der Waals surface area contributed by atoms with E-state index < -0.39 is 33.0 Å². The molecule has 0 atom stereocenters. The SMILES string of the molecule is O=c1ccc2cc(S(=O)(=O)Nc3cc(F)ccc3F)ccc2o1. The van der Waals surface area contributed by atoms with E-state index in [1.807, 2.05) is 4.72 Å². The van der Waals surface area contributed by atoms with E-state index in [4.69, 9.17) is 4.42 Å². The third kappa shape index (κ3) is 3.07. The Kier molecular flexibility index (Phi) is 3.61. The van der Waals surface area contributed by atoms with Crippen molar-refractivity contribution in [1.29, 1.82) is 0 Å². The molecule has 0 unspecified atom stereocenters. The molecule has 1 aromatic heterocycles. The van der Waals surface area contributed by atoms with E-state index in [2.05, 4.69) is 0 Å². The fraction of sp³-hybridized carbons (Fsp3) is 0. The van der Waals surface area contributed by atoms with Gasteiger partial charge < -0.3 is 4.42 Å². The van der Waals surface area contributed by atoms with Gasteiger partial charge in [-0.1, -0.05) is 0 Å². The quantitative estimate of drug-likeness (QED) is 0.746. The molecule has 0 spiro atoms. The van der Waals surface area contributed by atoms with E-state index in [-0.39, 0.29) is 10.5 Å². The van der Waals surface area contributed by atoms with Crippen molar-refractivity contribution in [3.05, 3.63) is 70.6 Å². The van der Waals surface area contributed by atoms with Gasteiger partial charge in [0.05, 0.1) is 10.6 Å². The first-order valence-corrected chi connectivity index (χ1v) is 7.85. The van der Waals surface area contributed by atoms with Gasteiger partial charge in [-0.2, -0.15) is 0 Å². The summed E-state index contributed by atoms with van der Waals surface area (Å²) in [4.78, 5) is 10.9. The van der Waals surface area contributed by atoms with Crippen molar-refractivity contribution < 1.29 is 21.6 Å². The van der Waals surface area contributed by atoms with E-state index in [9.17, 15) is 22.0 Å². The van der Waals surface area contributed by atoms with Crippen LogP contribution in [0.3, 0.4) is 0 Å². The number of nitrogens with one attached hydrogen (secondary N) is 1. The summed E-state index contributed by atoms with van der Waals surface area (Å²) in [6.45, 7) is 0. The number of hydrogen-bond donors (Lipinski definition) is 1. The zero-order valence-electron chi connectivity index (χ0n) is 11.4. The van der Waals surface area contributed by atoms with E-state index in [0.717, 1.165) is 24.3 Å².